The fourth-order valence-corrected chi connectivity index (χ4v) is 0.788. The molecule has 0 aliphatic carbocycles. The Morgan fingerprint density at radius 2 is 1.79 bits per heavy atom. The number of carbonyl (C=O) groups is 2. The molecule has 0 aromatic carbocycles. The maximum absolute atomic E-state index is 12.0. The van der Waals surface area contributed by atoms with Crippen molar-refractivity contribution < 1.29 is 18.4 Å². The third-order valence-electron chi connectivity index (χ3n) is 1.70. The molecule has 0 aromatic rings. The van der Waals surface area contributed by atoms with Crippen LogP contribution in [-0.2, 0) is 9.59 Å². The molecule has 4 nitrogen and oxygen atoms in total. The van der Waals surface area contributed by atoms with Gasteiger partial charge >= 0.3 is 6.43 Å². The van der Waals surface area contributed by atoms with Crippen molar-refractivity contribution in [3.8, 4) is 0 Å². The van der Waals surface area contributed by atoms with E-state index >= 15 is 0 Å². The first kappa shape index (κ1) is 12.8. The van der Waals surface area contributed by atoms with Gasteiger partial charge in [0.25, 0.3) is 5.91 Å². The van der Waals surface area contributed by atoms with Crippen LogP contribution < -0.4 is 0 Å². The van der Waals surface area contributed by atoms with Crippen LogP contribution >= 0.6 is 0 Å². The average Bonchev–Trinajstić information content (AvgIpc) is 2.12. The molecule has 2 amide bonds. The van der Waals surface area contributed by atoms with Crippen LogP contribution in [0.4, 0.5) is 8.78 Å². The van der Waals surface area contributed by atoms with E-state index in [9.17, 15) is 18.4 Å². The molecule has 0 rings (SSSR count). The standard InChI is InChI=1S/C8H14F2N2O2/c1-4-12(8(14)7(9)10)5-6(13)11(2)3/h7H,4-5H2,1-3H3. The lowest BCUT2D eigenvalue weighted by Gasteiger charge is -2.21. The number of alkyl halides is 2. The van der Waals surface area contributed by atoms with Gasteiger partial charge in [0, 0.05) is 20.6 Å². The highest BCUT2D eigenvalue weighted by Gasteiger charge is 2.24. The molecule has 0 saturated carbocycles. The van der Waals surface area contributed by atoms with Gasteiger partial charge in [0.1, 0.15) is 0 Å². The van der Waals surface area contributed by atoms with E-state index in [1.54, 1.807) is 6.92 Å². The van der Waals surface area contributed by atoms with E-state index in [2.05, 4.69) is 0 Å². The van der Waals surface area contributed by atoms with Gasteiger partial charge in [0.05, 0.1) is 6.54 Å². The van der Waals surface area contributed by atoms with Crippen molar-refractivity contribution in [1.29, 1.82) is 0 Å². The van der Waals surface area contributed by atoms with Crippen LogP contribution in [0.2, 0.25) is 0 Å². The van der Waals surface area contributed by atoms with Crippen molar-refractivity contribution in [2.45, 2.75) is 13.3 Å². The van der Waals surface area contributed by atoms with E-state index in [0.717, 1.165) is 4.90 Å². The normalized spacial score (nSPS) is 10.1. The molecule has 0 bridgehead atoms. The molecule has 82 valence electrons. The summed E-state index contributed by atoms with van der Waals surface area (Å²) in [5.41, 5.74) is 0. The first-order valence-corrected chi connectivity index (χ1v) is 4.17. The van der Waals surface area contributed by atoms with E-state index in [1.807, 2.05) is 0 Å². The topological polar surface area (TPSA) is 40.6 Å². The summed E-state index contributed by atoms with van der Waals surface area (Å²) in [6.45, 7) is 1.35. The molecule has 0 N–H and O–H groups in total. The van der Waals surface area contributed by atoms with Gasteiger partial charge < -0.3 is 9.80 Å². The van der Waals surface area contributed by atoms with Gasteiger partial charge in [0.15, 0.2) is 0 Å². The predicted octanol–water partition coefficient (Wildman–Crippen LogP) is 0.188. The monoisotopic (exact) mass is 208 g/mol. The lowest BCUT2D eigenvalue weighted by molar-refractivity contribution is -0.146. The molecule has 6 heteroatoms. The van der Waals surface area contributed by atoms with Crippen LogP contribution in [0.15, 0.2) is 0 Å². The maximum atomic E-state index is 12.0. The summed E-state index contributed by atoms with van der Waals surface area (Å²) in [6.07, 6.45) is -3.05. The SMILES string of the molecule is CCN(CC(=O)N(C)C)C(=O)C(F)F. The van der Waals surface area contributed by atoms with Crippen molar-refractivity contribution in [1.82, 2.24) is 9.80 Å². The van der Waals surface area contributed by atoms with Crippen molar-refractivity contribution in [3.63, 3.8) is 0 Å². The third kappa shape index (κ3) is 3.68. The number of carbonyl (C=O) groups excluding carboxylic acids is 2. The third-order valence-corrected chi connectivity index (χ3v) is 1.70. The van der Waals surface area contributed by atoms with Gasteiger partial charge in [-0.3, -0.25) is 9.59 Å². The summed E-state index contributed by atoms with van der Waals surface area (Å²) in [7, 11) is 3.01. The maximum Gasteiger partial charge on any atom is 0.315 e. The molecule has 0 saturated heterocycles. The Kier molecular flexibility index (Phi) is 5.04. The Hall–Kier alpha value is -1.20. The highest BCUT2D eigenvalue weighted by Crippen LogP contribution is 2.01. The Morgan fingerprint density at radius 1 is 1.29 bits per heavy atom. The van der Waals surface area contributed by atoms with Crippen molar-refractivity contribution in [2.75, 3.05) is 27.2 Å². The molecular formula is C8H14F2N2O2. The number of amides is 2. The number of likely N-dealkylation sites (N-methyl/N-ethyl adjacent to an activating group) is 2. The van der Waals surface area contributed by atoms with Crippen LogP contribution in [-0.4, -0.2) is 55.2 Å². The molecule has 14 heavy (non-hydrogen) atoms. The van der Waals surface area contributed by atoms with Crippen LogP contribution in [0.5, 0.6) is 0 Å². The summed E-state index contributed by atoms with van der Waals surface area (Å²) < 4.78 is 24.0. The van der Waals surface area contributed by atoms with Gasteiger partial charge in [0.2, 0.25) is 5.91 Å². The smallest absolute Gasteiger partial charge is 0.315 e. The zero-order chi connectivity index (χ0) is 11.3. The Bertz CT molecular complexity index is 219. The second-order valence-electron chi connectivity index (χ2n) is 2.94. The van der Waals surface area contributed by atoms with Crippen LogP contribution in [0, 0.1) is 0 Å². The zero-order valence-electron chi connectivity index (χ0n) is 8.46. The van der Waals surface area contributed by atoms with Crippen LogP contribution in [0.3, 0.4) is 0 Å². The Morgan fingerprint density at radius 3 is 2.07 bits per heavy atom. The Balaban J connectivity index is 4.30. The summed E-state index contributed by atoms with van der Waals surface area (Å²) in [5, 5.41) is 0. The summed E-state index contributed by atoms with van der Waals surface area (Å²) in [5.74, 6) is -1.68. The van der Waals surface area contributed by atoms with Gasteiger partial charge in [-0.05, 0) is 6.92 Å². The van der Waals surface area contributed by atoms with E-state index < -0.39 is 12.3 Å². The van der Waals surface area contributed by atoms with Crippen molar-refractivity contribution in [3.05, 3.63) is 0 Å². The number of hydrogen-bond acceptors (Lipinski definition) is 2. The fourth-order valence-electron chi connectivity index (χ4n) is 0.788. The first-order valence-electron chi connectivity index (χ1n) is 4.17. The quantitative estimate of drug-likeness (QED) is 0.661. The van der Waals surface area contributed by atoms with E-state index in [0.29, 0.717) is 0 Å². The number of halogens is 2. The van der Waals surface area contributed by atoms with Gasteiger partial charge in [-0.15, -0.1) is 0 Å². The average molecular weight is 208 g/mol. The molecule has 0 unspecified atom stereocenters. The molecule has 0 aromatic heterocycles. The summed E-state index contributed by atoms with van der Waals surface area (Å²) >= 11 is 0. The molecule has 0 aliphatic heterocycles. The number of hydrogen-bond donors (Lipinski definition) is 0. The minimum absolute atomic E-state index is 0.1000. The molecule has 0 aliphatic rings. The minimum Gasteiger partial charge on any atom is -0.347 e. The van der Waals surface area contributed by atoms with Crippen molar-refractivity contribution >= 4 is 11.8 Å². The fraction of sp³-hybridized carbons (Fsp3) is 0.750. The van der Waals surface area contributed by atoms with Gasteiger partial charge in [-0.1, -0.05) is 0 Å². The first-order chi connectivity index (χ1) is 6.40. The number of rotatable bonds is 4. The van der Waals surface area contributed by atoms with Gasteiger partial charge in [-0.25, -0.2) is 0 Å². The highest BCUT2D eigenvalue weighted by molar-refractivity contribution is 5.86. The van der Waals surface area contributed by atoms with Gasteiger partial charge in [-0.2, -0.15) is 8.78 Å². The zero-order valence-corrected chi connectivity index (χ0v) is 8.46. The van der Waals surface area contributed by atoms with E-state index in [4.69, 9.17) is 0 Å². The molecule has 0 spiro atoms. The minimum atomic E-state index is -3.05. The molecule has 0 fully saturated rings. The van der Waals surface area contributed by atoms with E-state index in [1.165, 1.54) is 19.0 Å². The molecule has 0 atom stereocenters. The second-order valence-corrected chi connectivity index (χ2v) is 2.94. The Labute approximate surface area is 81.5 Å². The number of nitrogens with zero attached hydrogens (tertiary/aromatic N) is 2. The predicted molar refractivity (Wildman–Crippen MR) is 47.0 cm³/mol. The lowest BCUT2D eigenvalue weighted by Crippen LogP contribution is -2.42. The molecule has 0 radical (unpaired) electrons. The molecule has 0 heterocycles. The lowest BCUT2D eigenvalue weighted by atomic mass is 10.4. The van der Waals surface area contributed by atoms with E-state index in [-0.39, 0.29) is 19.0 Å². The van der Waals surface area contributed by atoms with Crippen LogP contribution in [0.1, 0.15) is 6.92 Å². The molecular weight excluding hydrogens is 194 g/mol. The van der Waals surface area contributed by atoms with Crippen LogP contribution in [0.25, 0.3) is 0 Å². The summed E-state index contributed by atoms with van der Waals surface area (Å²) in [4.78, 5) is 24.0. The summed E-state index contributed by atoms with van der Waals surface area (Å²) in [6, 6.07) is 0. The van der Waals surface area contributed by atoms with Crippen molar-refractivity contribution in [2.24, 2.45) is 0 Å². The largest absolute Gasteiger partial charge is 0.347 e. The highest BCUT2D eigenvalue weighted by atomic mass is 19.3. The second kappa shape index (κ2) is 5.51.